The van der Waals surface area contributed by atoms with Crippen LogP contribution in [0.5, 0.6) is 0 Å². The van der Waals surface area contributed by atoms with Crippen molar-refractivity contribution in [2.45, 2.75) is 0 Å². The third-order valence-corrected chi connectivity index (χ3v) is 3.58. The van der Waals surface area contributed by atoms with Crippen LogP contribution in [0.15, 0.2) is 29.7 Å². The quantitative estimate of drug-likeness (QED) is 0.573. The van der Waals surface area contributed by atoms with Crippen molar-refractivity contribution in [1.29, 1.82) is 5.26 Å². The largest absolute Gasteiger partial charge is 0.192 e. The Balaban J connectivity index is 2.72. The van der Waals surface area contributed by atoms with Crippen molar-refractivity contribution >= 4 is 21.4 Å². The van der Waals surface area contributed by atoms with Gasteiger partial charge in [-0.3, -0.25) is 0 Å². The number of rotatable bonds is 0. The maximum absolute atomic E-state index is 8.99. The molecule has 0 bridgehead atoms. The molecule has 0 aromatic heterocycles. The summed E-state index contributed by atoms with van der Waals surface area (Å²) in [6, 6.07) is 10.3. The van der Waals surface area contributed by atoms with Gasteiger partial charge < -0.3 is 0 Å². The highest BCUT2D eigenvalue weighted by atomic mass is 32.2. The molecule has 1 aliphatic heterocycles. The van der Waals surface area contributed by atoms with Crippen LogP contribution in [0.3, 0.4) is 0 Å². The highest BCUT2D eigenvalue weighted by molar-refractivity contribution is 8.18. The lowest BCUT2D eigenvalue weighted by atomic mass is 10.1. The van der Waals surface area contributed by atoms with E-state index < -0.39 is 0 Å². The Morgan fingerprint density at radius 1 is 1.31 bits per heavy atom. The fourth-order valence-electron chi connectivity index (χ4n) is 1.40. The van der Waals surface area contributed by atoms with E-state index in [0.29, 0.717) is 0 Å². The second kappa shape index (κ2) is 3.20. The van der Waals surface area contributed by atoms with Crippen LogP contribution >= 0.6 is 10.5 Å². The van der Waals surface area contributed by atoms with Crippen LogP contribution in [-0.2, 0) is 0 Å². The summed E-state index contributed by atoms with van der Waals surface area (Å²) in [7, 11) is -0.0144. The average Bonchev–Trinajstić information content (AvgIpc) is 2.18. The molecule has 1 unspecified atom stereocenters. The van der Waals surface area contributed by atoms with E-state index in [-0.39, 0.29) is 10.5 Å². The van der Waals surface area contributed by atoms with Gasteiger partial charge >= 0.3 is 0 Å². The molecular weight excluding hydrogens is 178 g/mol. The molecule has 0 aliphatic carbocycles. The van der Waals surface area contributed by atoms with Gasteiger partial charge in [0, 0.05) is 5.56 Å². The Kier molecular flexibility index (Phi) is 2.03. The molecule has 1 aromatic carbocycles. The van der Waals surface area contributed by atoms with Gasteiger partial charge in [0.2, 0.25) is 0 Å². The normalized spacial score (nSPS) is 19.4. The minimum atomic E-state index is -0.0144. The summed E-state index contributed by atoms with van der Waals surface area (Å²) in [5, 5.41) is 11.1. The third-order valence-electron chi connectivity index (χ3n) is 2.08. The Bertz CT molecular complexity index is 449. The monoisotopic (exact) mass is 187 g/mol. The maximum atomic E-state index is 8.99. The molecule has 0 fully saturated rings. The lowest BCUT2D eigenvalue weighted by Crippen LogP contribution is -2.02. The lowest BCUT2D eigenvalue weighted by molar-refractivity contribution is 1.54. The molecule has 1 aliphatic rings. The first kappa shape index (κ1) is 8.28. The van der Waals surface area contributed by atoms with Crippen molar-refractivity contribution in [3.8, 4) is 6.07 Å². The predicted molar refractivity (Wildman–Crippen MR) is 58.7 cm³/mol. The van der Waals surface area contributed by atoms with E-state index in [1.165, 1.54) is 0 Å². The second-order valence-electron chi connectivity index (χ2n) is 2.89. The number of hydrogen-bond donors (Lipinski definition) is 0. The van der Waals surface area contributed by atoms with E-state index in [9.17, 15) is 0 Å². The zero-order valence-electron chi connectivity index (χ0n) is 7.32. The molecule has 64 valence electrons. The van der Waals surface area contributed by atoms with Gasteiger partial charge in [-0.15, -0.1) is 10.5 Å². The SMILES string of the molecule is CS1=C(C#N)c2ccccc2C=C1. The van der Waals surface area contributed by atoms with Gasteiger partial charge in [-0.1, -0.05) is 24.3 Å². The minimum absolute atomic E-state index is 0.0144. The van der Waals surface area contributed by atoms with E-state index in [0.717, 1.165) is 16.0 Å². The molecule has 1 nitrogen and oxygen atoms in total. The van der Waals surface area contributed by atoms with Crippen LogP contribution in [0, 0.1) is 11.3 Å². The lowest BCUT2D eigenvalue weighted by Gasteiger charge is -2.11. The zero-order valence-corrected chi connectivity index (χ0v) is 8.14. The fourth-order valence-corrected chi connectivity index (χ4v) is 2.56. The van der Waals surface area contributed by atoms with Gasteiger partial charge in [0.05, 0.1) is 4.86 Å². The molecule has 1 atom stereocenters. The van der Waals surface area contributed by atoms with Crippen molar-refractivity contribution in [2.75, 3.05) is 6.26 Å². The van der Waals surface area contributed by atoms with Crippen molar-refractivity contribution in [3.63, 3.8) is 0 Å². The molecule has 1 heterocycles. The van der Waals surface area contributed by atoms with Gasteiger partial charge in [0.1, 0.15) is 6.07 Å². The highest BCUT2D eigenvalue weighted by Crippen LogP contribution is 2.26. The van der Waals surface area contributed by atoms with E-state index >= 15 is 0 Å². The van der Waals surface area contributed by atoms with Crippen LogP contribution in [0.2, 0.25) is 0 Å². The highest BCUT2D eigenvalue weighted by Gasteiger charge is 2.10. The topological polar surface area (TPSA) is 23.8 Å². The summed E-state index contributed by atoms with van der Waals surface area (Å²) in [6.07, 6.45) is 4.17. The van der Waals surface area contributed by atoms with Gasteiger partial charge in [-0.25, -0.2) is 0 Å². The molecule has 0 amide bonds. The van der Waals surface area contributed by atoms with E-state index in [1.54, 1.807) is 0 Å². The summed E-state index contributed by atoms with van der Waals surface area (Å²) in [6.45, 7) is 0. The summed E-state index contributed by atoms with van der Waals surface area (Å²) in [5.41, 5.74) is 2.25. The molecular formula is C11H9NS. The Hall–Kier alpha value is -1.33. The first-order chi connectivity index (χ1) is 6.33. The number of hydrogen-bond acceptors (Lipinski definition) is 1. The zero-order chi connectivity index (χ0) is 9.26. The molecule has 2 heteroatoms. The molecule has 0 saturated heterocycles. The maximum Gasteiger partial charge on any atom is 0.106 e. The molecule has 1 aromatic rings. The van der Waals surface area contributed by atoms with Crippen molar-refractivity contribution in [1.82, 2.24) is 0 Å². The van der Waals surface area contributed by atoms with Gasteiger partial charge in [-0.2, -0.15) is 5.26 Å². The summed E-state index contributed by atoms with van der Waals surface area (Å²) >= 11 is 0. The molecule has 0 saturated carbocycles. The summed E-state index contributed by atoms with van der Waals surface area (Å²) in [4.78, 5) is 0.901. The standard InChI is InChI=1S/C11H9NS/c1-13-7-6-9-4-2-3-5-10(9)11(13)8-12/h2-7H,1H3. The minimum Gasteiger partial charge on any atom is -0.192 e. The van der Waals surface area contributed by atoms with Crippen LogP contribution < -0.4 is 0 Å². The van der Waals surface area contributed by atoms with E-state index in [1.807, 2.05) is 24.3 Å². The smallest absolute Gasteiger partial charge is 0.106 e. The predicted octanol–water partition coefficient (Wildman–Crippen LogP) is 2.61. The van der Waals surface area contributed by atoms with Crippen LogP contribution in [0.4, 0.5) is 0 Å². The van der Waals surface area contributed by atoms with Crippen LogP contribution in [-0.4, -0.2) is 11.1 Å². The summed E-state index contributed by atoms with van der Waals surface area (Å²) < 4.78 is 0. The summed E-state index contributed by atoms with van der Waals surface area (Å²) in [5.74, 6) is 0. The number of nitrogens with zero attached hydrogens (tertiary/aromatic N) is 1. The van der Waals surface area contributed by atoms with Crippen molar-refractivity contribution in [2.24, 2.45) is 0 Å². The third kappa shape index (κ3) is 1.32. The van der Waals surface area contributed by atoms with Gasteiger partial charge in [-0.05, 0) is 23.3 Å². The van der Waals surface area contributed by atoms with E-state index in [4.69, 9.17) is 5.26 Å². The second-order valence-corrected chi connectivity index (χ2v) is 4.68. The number of fused-ring (bicyclic) bond motifs is 1. The van der Waals surface area contributed by atoms with Crippen molar-refractivity contribution in [3.05, 3.63) is 40.8 Å². The molecule has 0 N–H and O–H groups in total. The average molecular weight is 187 g/mol. The van der Waals surface area contributed by atoms with Crippen LogP contribution in [0.1, 0.15) is 11.1 Å². The van der Waals surface area contributed by atoms with Crippen LogP contribution in [0.25, 0.3) is 6.08 Å². The Morgan fingerprint density at radius 3 is 2.85 bits per heavy atom. The number of nitriles is 1. The van der Waals surface area contributed by atoms with E-state index in [2.05, 4.69) is 23.8 Å². The Morgan fingerprint density at radius 2 is 2.08 bits per heavy atom. The molecule has 0 radical (unpaired) electrons. The molecule has 13 heavy (non-hydrogen) atoms. The van der Waals surface area contributed by atoms with Gasteiger partial charge in [0.15, 0.2) is 0 Å². The van der Waals surface area contributed by atoms with Crippen molar-refractivity contribution < 1.29 is 0 Å². The molecule has 0 spiro atoms. The fraction of sp³-hybridized carbons (Fsp3) is 0.0909. The molecule has 2 rings (SSSR count). The first-order valence-corrected chi connectivity index (χ1v) is 5.72. The number of benzene rings is 1. The Labute approximate surface area is 80.2 Å². The van der Waals surface area contributed by atoms with Gasteiger partial charge in [0.25, 0.3) is 0 Å². The first-order valence-electron chi connectivity index (χ1n) is 4.02.